The highest BCUT2D eigenvalue weighted by atomic mass is 16.4. The van der Waals surface area contributed by atoms with Crippen LogP contribution in [0.5, 0.6) is 0 Å². The van der Waals surface area contributed by atoms with Crippen molar-refractivity contribution >= 4 is 29.5 Å². The number of carbonyl (C=O) groups is 4. The van der Waals surface area contributed by atoms with E-state index in [0.717, 1.165) is 18.2 Å². The van der Waals surface area contributed by atoms with E-state index >= 15 is 0 Å². The van der Waals surface area contributed by atoms with Gasteiger partial charge in [0, 0.05) is 5.69 Å². The van der Waals surface area contributed by atoms with E-state index in [4.69, 9.17) is 15.3 Å². The molecule has 2 aromatic rings. The average Bonchev–Trinajstić information content (AvgIpc) is 2.54. The molecule has 4 N–H and O–H groups in total. The van der Waals surface area contributed by atoms with Crippen molar-refractivity contribution in [2.75, 3.05) is 5.32 Å². The summed E-state index contributed by atoms with van der Waals surface area (Å²) in [6.07, 6.45) is 0. The van der Waals surface area contributed by atoms with Crippen molar-refractivity contribution < 1.29 is 34.5 Å². The van der Waals surface area contributed by atoms with Crippen molar-refractivity contribution in [3.8, 4) is 0 Å². The summed E-state index contributed by atoms with van der Waals surface area (Å²) in [7, 11) is 0. The molecule has 0 aliphatic heterocycles. The highest BCUT2D eigenvalue weighted by Gasteiger charge is 2.19. The van der Waals surface area contributed by atoms with Crippen LogP contribution in [-0.2, 0) is 0 Å². The van der Waals surface area contributed by atoms with Gasteiger partial charge in [0.05, 0.1) is 22.3 Å². The molecule has 0 aliphatic carbocycles. The lowest BCUT2D eigenvalue weighted by Gasteiger charge is -2.09. The van der Waals surface area contributed by atoms with Crippen LogP contribution in [0, 0.1) is 0 Å². The van der Waals surface area contributed by atoms with Gasteiger partial charge in [-0.25, -0.2) is 14.4 Å². The van der Waals surface area contributed by atoms with E-state index in [9.17, 15) is 19.2 Å². The lowest BCUT2D eigenvalue weighted by Crippen LogP contribution is -2.17. The lowest BCUT2D eigenvalue weighted by atomic mass is 10.0. The zero-order chi connectivity index (χ0) is 17.9. The highest BCUT2D eigenvalue weighted by Crippen LogP contribution is 2.16. The van der Waals surface area contributed by atoms with Gasteiger partial charge >= 0.3 is 17.9 Å². The summed E-state index contributed by atoms with van der Waals surface area (Å²) in [5, 5.41) is 29.3. The largest absolute Gasteiger partial charge is 0.478 e. The minimum atomic E-state index is -1.44. The first-order chi connectivity index (χ1) is 11.3. The SMILES string of the molecule is O=C(O)c1ccc(NC(=O)c2ccc(C(=O)O)cc2C(=O)O)cc1. The molecule has 2 aromatic carbocycles. The van der Waals surface area contributed by atoms with E-state index < -0.39 is 29.4 Å². The fourth-order valence-corrected chi connectivity index (χ4v) is 1.95. The van der Waals surface area contributed by atoms with Crippen molar-refractivity contribution in [3.63, 3.8) is 0 Å². The number of aromatic carboxylic acids is 3. The predicted molar refractivity (Wildman–Crippen MR) is 81.7 cm³/mol. The molecule has 0 unspecified atom stereocenters. The van der Waals surface area contributed by atoms with Crippen LogP contribution in [-0.4, -0.2) is 39.1 Å². The number of carboxylic acids is 3. The molecule has 0 heterocycles. The van der Waals surface area contributed by atoms with Gasteiger partial charge in [0.1, 0.15) is 0 Å². The monoisotopic (exact) mass is 329 g/mol. The molecule has 8 nitrogen and oxygen atoms in total. The molecule has 0 radical (unpaired) electrons. The summed E-state index contributed by atoms with van der Waals surface area (Å²) < 4.78 is 0. The Balaban J connectivity index is 2.30. The minimum Gasteiger partial charge on any atom is -0.478 e. The predicted octanol–water partition coefficient (Wildman–Crippen LogP) is 2.03. The number of hydrogen-bond donors (Lipinski definition) is 4. The van der Waals surface area contributed by atoms with Crippen LogP contribution in [0.25, 0.3) is 0 Å². The maximum atomic E-state index is 12.2. The maximum Gasteiger partial charge on any atom is 0.336 e. The zero-order valence-corrected chi connectivity index (χ0v) is 12.0. The van der Waals surface area contributed by atoms with E-state index in [1.165, 1.54) is 24.3 Å². The Hall–Kier alpha value is -3.68. The van der Waals surface area contributed by atoms with E-state index in [-0.39, 0.29) is 22.4 Å². The number of benzene rings is 2. The topological polar surface area (TPSA) is 141 Å². The number of amides is 1. The molecule has 8 heteroatoms. The van der Waals surface area contributed by atoms with Gasteiger partial charge in [-0.1, -0.05) is 0 Å². The zero-order valence-electron chi connectivity index (χ0n) is 12.0. The van der Waals surface area contributed by atoms with Crippen LogP contribution in [0.1, 0.15) is 41.4 Å². The summed E-state index contributed by atoms with van der Waals surface area (Å²) in [5.74, 6) is -4.63. The number of hydrogen-bond acceptors (Lipinski definition) is 4. The molecule has 0 saturated carbocycles. The third kappa shape index (κ3) is 3.55. The van der Waals surface area contributed by atoms with Crippen LogP contribution in [0.4, 0.5) is 5.69 Å². The molecule has 0 aromatic heterocycles. The summed E-state index contributed by atoms with van der Waals surface area (Å²) in [6.45, 7) is 0. The molecule has 2 rings (SSSR count). The van der Waals surface area contributed by atoms with E-state index in [0.29, 0.717) is 0 Å². The molecule has 0 bridgehead atoms. The lowest BCUT2D eigenvalue weighted by molar-refractivity contribution is 0.0680. The smallest absolute Gasteiger partial charge is 0.336 e. The van der Waals surface area contributed by atoms with Crippen LogP contribution in [0.3, 0.4) is 0 Å². The number of anilines is 1. The Labute approximate surface area is 135 Å². The molecule has 0 aliphatic rings. The molecule has 0 atom stereocenters. The molecule has 0 saturated heterocycles. The first-order valence-electron chi connectivity index (χ1n) is 6.55. The quantitative estimate of drug-likeness (QED) is 0.657. The van der Waals surface area contributed by atoms with Gasteiger partial charge in [0.25, 0.3) is 5.91 Å². The van der Waals surface area contributed by atoms with Gasteiger partial charge in [-0.3, -0.25) is 4.79 Å². The van der Waals surface area contributed by atoms with Crippen molar-refractivity contribution in [2.45, 2.75) is 0 Å². The van der Waals surface area contributed by atoms with Crippen molar-refractivity contribution in [1.29, 1.82) is 0 Å². The molecule has 122 valence electrons. The van der Waals surface area contributed by atoms with E-state index in [1.807, 2.05) is 0 Å². The Bertz CT molecular complexity index is 840. The van der Waals surface area contributed by atoms with Crippen molar-refractivity contribution in [2.24, 2.45) is 0 Å². The van der Waals surface area contributed by atoms with Crippen LogP contribution in [0.2, 0.25) is 0 Å². The van der Waals surface area contributed by atoms with Crippen LogP contribution >= 0.6 is 0 Å². The standard InChI is InChI=1S/C16H11NO7/c18-13(17-10-4-1-8(2-5-10)14(19)20)11-6-3-9(15(21)22)7-12(11)16(23)24/h1-7H,(H,17,18)(H,19,20)(H,21,22)(H,23,24). The number of carboxylic acid groups (broad SMARTS) is 3. The maximum absolute atomic E-state index is 12.2. The first-order valence-corrected chi connectivity index (χ1v) is 6.55. The third-order valence-electron chi connectivity index (χ3n) is 3.13. The number of carbonyl (C=O) groups excluding carboxylic acids is 1. The number of rotatable bonds is 5. The Morgan fingerprint density at radius 2 is 1.21 bits per heavy atom. The normalized spacial score (nSPS) is 10.0. The summed E-state index contributed by atoms with van der Waals surface area (Å²) in [6, 6.07) is 8.40. The minimum absolute atomic E-state index is 0.0324. The fraction of sp³-hybridized carbons (Fsp3) is 0. The Morgan fingerprint density at radius 3 is 1.71 bits per heavy atom. The first kappa shape index (κ1) is 16.7. The van der Waals surface area contributed by atoms with Gasteiger partial charge in [0.2, 0.25) is 0 Å². The molecule has 1 amide bonds. The van der Waals surface area contributed by atoms with Crippen LogP contribution < -0.4 is 5.32 Å². The van der Waals surface area contributed by atoms with Gasteiger partial charge in [-0.15, -0.1) is 0 Å². The fourth-order valence-electron chi connectivity index (χ4n) is 1.95. The highest BCUT2D eigenvalue weighted by molar-refractivity contribution is 6.11. The molecular weight excluding hydrogens is 318 g/mol. The van der Waals surface area contributed by atoms with Gasteiger partial charge in [0.15, 0.2) is 0 Å². The van der Waals surface area contributed by atoms with Gasteiger partial charge < -0.3 is 20.6 Å². The average molecular weight is 329 g/mol. The van der Waals surface area contributed by atoms with Crippen LogP contribution in [0.15, 0.2) is 42.5 Å². The van der Waals surface area contributed by atoms with Gasteiger partial charge in [-0.2, -0.15) is 0 Å². The van der Waals surface area contributed by atoms with Crippen molar-refractivity contribution in [1.82, 2.24) is 0 Å². The third-order valence-corrected chi connectivity index (χ3v) is 3.13. The molecule has 24 heavy (non-hydrogen) atoms. The van der Waals surface area contributed by atoms with E-state index in [1.54, 1.807) is 0 Å². The summed E-state index contributed by atoms with van der Waals surface area (Å²) in [5.41, 5.74) is -0.618. The second-order valence-electron chi connectivity index (χ2n) is 4.71. The second kappa shape index (κ2) is 6.61. The Morgan fingerprint density at radius 1 is 0.667 bits per heavy atom. The second-order valence-corrected chi connectivity index (χ2v) is 4.71. The van der Waals surface area contributed by atoms with E-state index in [2.05, 4.69) is 5.32 Å². The Kier molecular flexibility index (Phi) is 4.60. The molecule has 0 spiro atoms. The number of nitrogens with one attached hydrogen (secondary N) is 1. The van der Waals surface area contributed by atoms with Crippen molar-refractivity contribution in [3.05, 3.63) is 64.7 Å². The summed E-state index contributed by atoms with van der Waals surface area (Å²) >= 11 is 0. The van der Waals surface area contributed by atoms with Gasteiger partial charge in [-0.05, 0) is 42.5 Å². The summed E-state index contributed by atoms with van der Waals surface area (Å²) in [4.78, 5) is 45.1. The molecule has 0 fully saturated rings. The molecular formula is C16H11NO7.